The number of rotatable bonds is 9. The van der Waals surface area contributed by atoms with Gasteiger partial charge in [-0.05, 0) is 93.0 Å². The second-order valence-electron chi connectivity index (χ2n) is 12.4. The highest BCUT2D eigenvalue weighted by molar-refractivity contribution is 5.87. The molecule has 0 unspecified atom stereocenters. The Balaban J connectivity index is 1.13. The van der Waals surface area contributed by atoms with Crippen LogP contribution in [0.4, 0.5) is 0 Å². The lowest BCUT2D eigenvalue weighted by atomic mass is 9.91. The zero-order valence-electron chi connectivity index (χ0n) is 28.4. The van der Waals surface area contributed by atoms with Crippen LogP contribution in [0.2, 0.25) is 0 Å². The Hall–Kier alpha value is -7.04. The van der Waals surface area contributed by atoms with Gasteiger partial charge in [-0.1, -0.05) is 133 Å². The number of hydrogen-bond donors (Lipinski definition) is 0. The van der Waals surface area contributed by atoms with Gasteiger partial charge in [-0.15, -0.1) is 0 Å². The summed E-state index contributed by atoms with van der Waals surface area (Å²) in [7, 11) is 0. The van der Waals surface area contributed by atoms with Gasteiger partial charge in [0.2, 0.25) is 0 Å². The molecule has 0 aliphatic rings. The van der Waals surface area contributed by atoms with Gasteiger partial charge in [-0.3, -0.25) is 9.97 Å². The molecule has 5 aromatic carbocycles. The summed E-state index contributed by atoms with van der Waals surface area (Å²) in [5.41, 5.74) is 14.2. The molecule has 0 fully saturated rings. The van der Waals surface area contributed by atoms with Crippen molar-refractivity contribution in [1.82, 2.24) is 19.9 Å². The van der Waals surface area contributed by atoms with Crippen LogP contribution in [0.25, 0.3) is 80.5 Å². The summed E-state index contributed by atoms with van der Waals surface area (Å²) in [6, 6.07) is 54.7. The molecule has 8 rings (SSSR count). The van der Waals surface area contributed by atoms with Crippen LogP contribution in [0.15, 0.2) is 183 Å². The summed E-state index contributed by atoms with van der Waals surface area (Å²) >= 11 is 0. The number of hydrogen-bond acceptors (Lipinski definition) is 4. The van der Waals surface area contributed by atoms with Crippen molar-refractivity contribution >= 4 is 24.3 Å². The molecule has 246 valence electrons. The Morgan fingerprint density at radius 1 is 0.288 bits per heavy atom. The van der Waals surface area contributed by atoms with Gasteiger partial charge in [0, 0.05) is 41.5 Å². The summed E-state index contributed by atoms with van der Waals surface area (Å²) in [6.07, 6.45) is 15.9. The van der Waals surface area contributed by atoms with Crippen LogP contribution >= 0.6 is 0 Å². The standard InChI is InChI=1S/C48H34N4/c1-2-9-45(44(8-1)39-24-26-42(27-25-39)48-51-30-7-31-52-48)43-33-37(14-12-35-16-20-40(21-17-35)46-10-3-5-28-49-46)32-38(34-43)15-13-36-18-22-41(23-19-36)47-11-4-6-29-50-47/h1-34H/b14-12-,15-13?. The molecule has 0 aliphatic heterocycles. The van der Waals surface area contributed by atoms with Crippen molar-refractivity contribution in [3.8, 4) is 56.2 Å². The summed E-state index contributed by atoms with van der Waals surface area (Å²) in [5.74, 6) is 0.719. The van der Waals surface area contributed by atoms with E-state index in [1.807, 2.05) is 54.9 Å². The first-order chi connectivity index (χ1) is 25.7. The third-order valence-electron chi connectivity index (χ3n) is 8.91. The minimum atomic E-state index is 0.719. The largest absolute Gasteiger partial charge is 0.256 e. The van der Waals surface area contributed by atoms with Crippen LogP contribution in [0.1, 0.15) is 22.3 Å². The van der Waals surface area contributed by atoms with E-state index >= 15 is 0 Å². The highest BCUT2D eigenvalue weighted by Crippen LogP contribution is 2.35. The Bertz CT molecular complexity index is 2340. The first kappa shape index (κ1) is 32.2. The Morgan fingerprint density at radius 3 is 1.21 bits per heavy atom. The van der Waals surface area contributed by atoms with Crippen molar-refractivity contribution in [2.45, 2.75) is 0 Å². The van der Waals surface area contributed by atoms with Crippen molar-refractivity contribution in [2.75, 3.05) is 0 Å². The van der Waals surface area contributed by atoms with E-state index in [0.29, 0.717) is 0 Å². The molecule has 8 aromatic rings. The fourth-order valence-corrected chi connectivity index (χ4v) is 6.24. The zero-order chi connectivity index (χ0) is 35.0. The molecule has 0 saturated carbocycles. The summed E-state index contributed by atoms with van der Waals surface area (Å²) in [4.78, 5) is 17.8. The maximum atomic E-state index is 4.49. The highest BCUT2D eigenvalue weighted by atomic mass is 14.8. The molecule has 0 saturated heterocycles. The molecule has 4 heteroatoms. The van der Waals surface area contributed by atoms with E-state index in [2.05, 4.69) is 160 Å². The van der Waals surface area contributed by atoms with E-state index in [1.54, 1.807) is 12.4 Å². The molecule has 0 bridgehead atoms. The van der Waals surface area contributed by atoms with Crippen LogP contribution in [-0.2, 0) is 0 Å². The smallest absolute Gasteiger partial charge is 0.159 e. The Labute approximate surface area is 304 Å². The van der Waals surface area contributed by atoms with Gasteiger partial charge in [0.25, 0.3) is 0 Å². The van der Waals surface area contributed by atoms with Crippen LogP contribution in [0, 0.1) is 0 Å². The third kappa shape index (κ3) is 7.57. The van der Waals surface area contributed by atoms with Gasteiger partial charge in [0.1, 0.15) is 0 Å². The number of pyridine rings is 2. The molecule has 0 amide bonds. The van der Waals surface area contributed by atoms with Gasteiger partial charge < -0.3 is 0 Å². The minimum Gasteiger partial charge on any atom is -0.256 e. The van der Waals surface area contributed by atoms with E-state index in [0.717, 1.165) is 78.4 Å². The van der Waals surface area contributed by atoms with E-state index in [9.17, 15) is 0 Å². The molecule has 0 aliphatic carbocycles. The van der Waals surface area contributed by atoms with E-state index < -0.39 is 0 Å². The molecule has 3 heterocycles. The third-order valence-corrected chi connectivity index (χ3v) is 8.91. The molecule has 0 atom stereocenters. The Kier molecular flexibility index (Phi) is 9.43. The summed E-state index contributed by atoms with van der Waals surface area (Å²) < 4.78 is 0. The topological polar surface area (TPSA) is 51.6 Å². The fourth-order valence-electron chi connectivity index (χ4n) is 6.24. The molecule has 0 N–H and O–H groups in total. The number of nitrogens with zero attached hydrogens (tertiary/aromatic N) is 4. The van der Waals surface area contributed by atoms with Gasteiger partial charge in [0.15, 0.2) is 5.82 Å². The lowest BCUT2D eigenvalue weighted by Crippen LogP contribution is -1.89. The van der Waals surface area contributed by atoms with E-state index in [-0.39, 0.29) is 0 Å². The lowest BCUT2D eigenvalue weighted by Gasteiger charge is -2.13. The average molecular weight is 667 g/mol. The fraction of sp³-hybridized carbons (Fsp3) is 0. The van der Waals surface area contributed by atoms with Crippen LogP contribution in [0.5, 0.6) is 0 Å². The van der Waals surface area contributed by atoms with Crippen molar-refractivity contribution in [3.63, 3.8) is 0 Å². The quantitative estimate of drug-likeness (QED) is 0.144. The SMILES string of the molecule is C(=Cc1cc(/C=C\c2ccc(-c3ccccn3)cc2)cc(-c2ccccc2-c2ccc(-c3ncccn3)cc2)c1)c1ccc(-c2ccccn2)cc1. The average Bonchev–Trinajstić information content (AvgIpc) is 3.23. The first-order valence-corrected chi connectivity index (χ1v) is 17.3. The Morgan fingerprint density at radius 2 is 0.712 bits per heavy atom. The van der Waals surface area contributed by atoms with Crippen molar-refractivity contribution in [2.24, 2.45) is 0 Å². The van der Waals surface area contributed by atoms with E-state index in [4.69, 9.17) is 0 Å². The van der Waals surface area contributed by atoms with E-state index in [1.165, 1.54) is 0 Å². The second kappa shape index (κ2) is 15.2. The molecule has 52 heavy (non-hydrogen) atoms. The molecular formula is C48H34N4. The normalized spacial score (nSPS) is 11.3. The number of aromatic nitrogens is 4. The highest BCUT2D eigenvalue weighted by Gasteiger charge is 2.10. The monoisotopic (exact) mass is 666 g/mol. The van der Waals surface area contributed by atoms with Gasteiger partial charge in [-0.2, -0.15) is 0 Å². The predicted octanol–water partition coefficient (Wildman–Crippen LogP) is 11.9. The predicted molar refractivity (Wildman–Crippen MR) is 216 cm³/mol. The van der Waals surface area contributed by atoms with Crippen molar-refractivity contribution in [1.29, 1.82) is 0 Å². The molecule has 3 aromatic heterocycles. The summed E-state index contributed by atoms with van der Waals surface area (Å²) in [5, 5.41) is 0. The molecular weight excluding hydrogens is 633 g/mol. The van der Waals surface area contributed by atoms with Gasteiger partial charge in [-0.25, -0.2) is 9.97 Å². The first-order valence-electron chi connectivity index (χ1n) is 17.3. The second-order valence-corrected chi connectivity index (χ2v) is 12.4. The van der Waals surface area contributed by atoms with Crippen LogP contribution in [-0.4, -0.2) is 19.9 Å². The molecule has 0 radical (unpaired) electrons. The van der Waals surface area contributed by atoms with Crippen LogP contribution in [0.3, 0.4) is 0 Å². The maximum Gasteiger partial charge on any atom is 0.159 e. The molecule has 0 spiro atoms. The zero-order valence-corrected chi connectivity index (χ0v) is 28.4. The van der Waals surface area contributed by atoms with Gasteiger partial charge >= 0.3 is 0 Å². The lowest BCUT2D eigenvalue weighted by molar-refractivity contribution is 1.18. The number of benzene rings is 5. The molecule has 4 nitrogen and oxygen atoms in total. The van der Waals surface area contributed by atoms with Gasteiger partial charge in [0.05, 0.1) is 11.4 Å². The summed E-state index contributed by atoms with van der Waals surface area (Å²) in [6.45, 7) is 0. The van der Waals surface area contributed by atoms with Crippen molar-refractivity contribution < 1.29 is 0 Å². The van der Waals surface area contributed by atoms with Crippen molar-refractivity contribution in [3.05, 3.63) is 205 Å². The van der Waals surface area contributed by atoms with Crippen LogP contribution < -0.4 is 0 Å². The maximum absolute atomic E-state index is 4.49. The minimum absolute atomic E-state index is 0.719.